The molecule has 1 aromatic carbocycles. The quantitative estimate of drug-likeness (QED) is 0.774. The zero-order valence-electron chi connectivity index (χ0n) is 8.82. The molecule has 2 unspecified atom stereocenters. The molecule has 0 radical (unpaired) electrons. The molecule has 0 amide bonds. The molecular formula is C13H19N. The van der Waals surface area contributed by atoms with Crippen molar-refractivity contribution in [3.8, 4) is 0 Å². The molecule has 1 heteroatoms. The zero-order valence-corrected chi connectivity index (χ0v) is 8.82. The Morgan fingerprint density at radius 1 is 1.29 bits per heavy atom. The Morgan fingerprint density at radius 2 is 1.93 bits per heavy atom. The summed E-state index contributed by atoms with van der Waals surface area (Å²) in [6, 6.07) is 11.1. The van der Waals surface area contributed by atoms with Crippen molar-refractivity contribution in [2.24, 2.45) is 11.7 Å². The van der Waals surface area contributed by atoms with Crippen molar-refractivity contribution in [3.05, 3.63) is 35.9 Å². The van der Waals surface area contributed by atoms with Crippen LogP contribution in [0.15, 0.2) is 30.3 Å². The maximum atomic E-state index is 6.27. The summed E-state index contributed by atoms with van der Waals surface area (Å²) >= 11 is 0. The third-order valence-electron chi connectivity index (χ3n) is 3.30. The Labute approximate surface area is 86.3 Å². The molecule has 2 rings (SSSR count). The van der Waals surface area contributed by atoms with Crippen LogP contribution < -0.4 is 5.73 Å². The Hall–Kier alpha value is -0.820. The first-order chi connectivity index (χ1) is 6.83. The fraction of sp³-hybridized carbons (Fsp3) is 0.538. The van der Waals surface area contributed by atoms with Gasteiger partial charge in [0.1, 0.15) is 0 Å². The number of hydrogen-bond donors (Lipinski definition) is 1. The van der Waals surface area contributed by atoms with Gasteiger partial charge in [-0.25, -0.2) is 0 Å². The topological polar surface area (TPSA) is 26.0 Å². The van der Waals surface area contributed by atoms with E-state index >= 15 is 0 Å². The SMILES string of the molecule is CCC(c1ccccc1)C(N)C1CC1. The Kier molecular flexibility index (Phi) is 2.87. The van der Waals surface area contributed by atoms with Gasteiger partial charge < -0.3 is 5.73 Å². The standard InChI is InChI=1S/C13H19N/c1-2-12(13(14)11-8-9-11)10-6-4-3-5-7-10/h3-7,11-13H,2,8-9,14H2,1H3. The molecule has 1 aliphatic rings. The summed E-state index contributed by atoms with van der Waals surface area (Å²) in [7, 11) is 0. The number of nitrogens with two attached hydrogens (primary N) is 1. The summed E-state index contributed by atoms with van der Waals surface area (Å²) in [5.41, 5.74) is 7.68. The second-order valence-corrected chi connectivity index (χ2v) is 4.34. The maximum absolute atomic E-state index is 6.27. The van der Waals surface area contributed by atoms with Gasteiger partial charge in [0.2, 0.25) is 0 Å². The van der Waals surface area contributed by atoms with Gasteiger partial charge in [-0.1, -0.05) is 37.3 Å². The van der Waals surface area contributed by atoms with Crippen LogP contribution in [-0.2, 0) is 0 Å². The Bertz CT molecular complexity index is 277. The average Bonchev–Trinajstić information content (AvgIpc) is 3.03. The zero-order chi connectivity index (χ0) is 9.97. The van der Waals surface area contributed by atoms with Crippen molar-refractivity contribution >= 4 is 0 Å². The molecule has 2 atom stereocenters. The van der Waals surface area contributed by atoms with Crippen molar-refractivity contribution in [3.63, 3.8) is 0 Å². The molecule has 0 aromatic heterocycles. The van der Waals surface area contributed by atoms with E-state index in [0.29, 0.717) is 12.0 Å². The van der Waals surface area contributed by atoms with E-state index < -0.39 is 0 Å². The highest BCUT2D eigenvalue weighted by molar-refractivity contribution is 5.21. The monoisotopic (exact) mass is 189 g/mol. The maximum Gasteiger partial charge on any atom is 0.0136 e. The van der Waals surface area contributed by atoms with E-state index in [2.05, 4.69) is 37.3 Å². The normalized spacial score (nSPS) is 20.4. The average molecular weight is 189 g/mol. The summed E-state index contributed by atoms with van der Waals surface area (Å²) in [6.45, 7) is 2.24. The van der Waals surface area contributed by atoms with Gasteiger partial charge in [-0.2, -0.15) is 0 Å². The summed E-state index contributed by atoms with van der Waals surface area (Å²) in [5, 5.41) is 0. The van der Waals surface area contributed by atoms with Crippen LogP contribution in [-0.4, -0.2) is 6.04 Å². The number of hydrogen-bond acceptors (Lipinski definition) is 1. The highest BCUT2D eigenvalue weighted by Gasteiger charge is 2.33. The van der Waals surface area contributed by atoms with E-state index in [1.165, 1.54) is 18.4 Å². The van der Waals surface area contributed by atoms with Gasteiger partial charge in [-0.15, -0.1) is 0 Å². The molecule has 1 saturated carbocycles. The van der Waals surface area contributed by atoms with Gasteiger partial charge in [-0.3, -0.25) is 0 Å². The van der Waals surface area contributed by atoms with E-state index in [4.69, 9.17) is 5.73 Å². The predicted octanol–water partition coefficient (Wildman–Crippen LogP) is 2.92. The van der Waals surface area contributed by atoms with Gasteiger partial charge >= 0.3 is 0 Å². The van der Waals surface area contributed by atoms with Crippen molar-refractivity contribution in [1.82, 2.24) is 0 Å². The van der Waals surface area contributed by atoms with Gasteiger partial charge in [-0.05, 0) is 36.7 Å². The second-order valence-electron chi connectivity index (χ2n) is 4.34. The van der Waals surface area contributed by atoms with Crippen molar-refractivity contribution < 1.29 is 0 Å². The molecule has 0 spiro atoms. The fourth-order valence-electron chi connectivity index (χ4n) is 2.24. The lowest BCUT2D eigenvalue weighted by Crippen LogP contribution is -2.30. The van der Waals surface area contributed by atoms with E-state index in [9.17, 15) is 0 Å². The third-order valence-corrected chi connectivity index (χ3v) is 3.30. The summed E-state index contributed by atoms with van der Waals surface area (Å²) in [6.07, 6.45) is 3.83. The Balaban J connectivity index is 2.12. The van der Waals surface area contributed by atoms with Crippen LogP contribution in [0.5, 0.6) is 0 Å². The van der Waals surface area contributed by atoms with Crippen LogP contribution in [0.4, 0.5) is 0 Å². The molecule has 0 bridgehead atoms. The number of rotatable bonds is 4. The molecule has 0 heterocycles. The van der Waals surface area contributed by atoms with Gasteiger partial charge in [0.15, 0.2) is 0 Å². The molecule has 2 N–H and O–H groups in total. The molecule has 76 valence electrons. The van der Waals surface area contributed by atoms with Gasteiger partial charge in [0, 0.05) is 6.04 Å². The fourth-order valence-corrected chi connectivity index (χ4v) is 2.24. The molecule has 1 nitrogen and oxygen atoms in total. The lowest BCUT2D eigenvalue weighted by Gasteiger charge is -2.22. The second kappa shape index (κ2) is 4.14. The molecule has 1 aromatic rings. The van der Waals surface area contributed by atoms with E-state index in [-0.39, 0.29) is 0 Å². The first kappa shape index (κ1) is 9.72. The Morgan fingerprint density at radius 3 is 2.43 bits per heavy atom. The predicted molar refractivity (Wildman–Crippen MR) is 60.2 cm³/mol. The molecule has 14 heavy (non-hydrogen) atoms. The molecule has 1 aliphatic carbocycles. The first-order valence-corrected chi connectivity index (χ1v) is 5.63. The van der Waals surface area contributed by atoms with Crippen LogP contribution >= 0.6 is 0 Å². The minimum absolute atomic E-state index is 0.377. The lowest BCUT2D eigenvalue weighted by atomic mass is 9.87. The van der Waals surface area contributed by atoms with Crippen LogP contribution in [0.2, 0.25) is 0 Å². The van der Waals surface area contributed by atoms with Crippen molar-refractivity contribution in [2.45, 2.75) is 38.1 Å². The molecule has 0 aliphatic heterocycles. The van der Waals surface area contributed by atoms with E-state index in [0.717, 1.165) is 12.3 Å². The minimum atomic E-state index is 0.377. The lowest BCUT2D eigenvalue weighted by molar-refractivity contribution is 0.471. The molecular weight excluding hydrogens is 170 g/mol. The van der Waals surface area contributed by atoms with Crippen molar-refractivity contribution in [2.75, 3.05) is 0 Å². The first-order valence-electron chi connectivity index (χ1n) is 5.63. The summed E-state index contributed by atoms with van der Waals surface area (Å²) in [5.74, 6) is 1.35. The minimum Gasteiger partial charge on any atom is -0.327 e. The summed E-state index contributed by atoms with van der Waals surface area (Å²) < 4.78 is 0. The highest BCUT2D eigenvalue weighted by atomic mass is 14.7. The van der Waals surface area contributed by atoms with E-state index in [1.54, 1.807) is 0 Å². The summed E-state index contributed by atoms with van der Waals surface area (Å²) in [4.78, 5) is 0. The van der Waals surface area contributed by atoms with Crippen LogP contribution in [0.1, 0.15) is 37.7 Å². The van der Waals surface area contributed by atoms with Gasteiger partial charge in [0.25, 0.3) is 0 Å². The molecule has 0 saturated heterocycles. The van der Waals surface area contributed by atoms with Gasteiger partial charge in [0.05, 0.1) is 0 Å². The van der Waals surface area contributed by atoms with Crippen LogP contribution in [0, 0.1) is 5.92 Å². The van der Waals surface area contributed by atoms with Crippen molar-refractivity contribution in [1.29, 1.82) is 0 Å². The number of benzene rings is 1. The van der Waals surface area contributed by atoms with Crippen LogP contribution in [0.25, 0.3) is 0 Å². The van der Waals surface area contributed by atoms with E-state index in [1.807, 2.05) is 0 Å². The molecule has 1 fully saturated rings. The third kappa shape index (κ3) is 1.98. The highest BCUT2D eigenvalue weighted by Crippen LogP contribution is 2.38. The largest absolute Gasteiger partial charge is 0.327 e. The van der Waals surface area contributed by atoms with Crippen LogP contribution in [0.3, 0.4) is 0 Å². The smallest absolute Gasteiger partial charge is 0.0136 e.